The standard InChI is InChI=1S/C9H16N2.C2H6/c1-4-5-6-9-7(2)10-11-8(9)3;1-2/h4-6H2,1-3H3,(H,10,11);1-2H3. The van der Waals surface area contributed by atoms with Crippen molar-refractivity contribution in [3.63, 3.8) is 0 Å². The van der Waals surface area contributed by atoms with Gasteiger partial charge in [0.1, 0.15) is 0 Å². The summed E-state index contributed by atoms with van der Waals surface area (Å²) in [6, 6.07) is 0. The Kier molecular flexibility index (Phi) is 6.29. The maximum absolute atomic E-state index is 4.14. The van der Waals surface area contributed by atoms with Crippen LogP contribution in [0, 0.1) is 13.8 Å². The van der Waals surface area contributed by atoms with E-state index in [1.54, 1.807) is 0 Å². The van der Waals surface area contributed by atoms with E-state index in [0.717, 1.165) is 5.69 Å². The highest BCUT2D eigenvalue weighted by atomic mass is 15.1. The van der Waals surface area contributed by atoms with Crippen molar-refractivity contribution in [1.29, 1.82) is 0 Å². The van der Waals surface area contributed by atoms with Crippen LogP contribution in [0.3, 0.4) is 0 Å². The van der Waals surface area contributed by atoms with Crippen molar-refractivity contribution in [3.05, 3.63) is 17.0 Å². The van der Waals surface area contributed by atoms with E-state index in [0.29, 0.717) is 0 Å². The van der Waals surface area contributed by atoms with Crippen LogP contribution >= 0.6 is 0 Å². The molecule has 0 fully saturated rings. The summed E-state index contributed by atoms with van der Waals surface area (Å²) in [5, 5.41) is 7.14. The Morgan fingerprint density at radius 1 is 1.23 bits per heavy atom. The lowest BCUT2D eigenvalue weighted by Gasteiger charge is -1.97. The van der Waals surface area contributed by atoms with Gasteiger partial charge in [-0.2, -0.15) is 5.10 Å². The van der Waals surface area contributed by atoms with Gasteiger partial charge in [0, 0.05) is 5.69 Å². The Morgan fingerprint density at radius 2 is 1.85 bits per heavy atom. The number of hydrogen-bond acceptors (Lipinski definition) is 1. The number of H-pyrrole nitrogens is 1. The lowest BCUT2D eigenvalue weighted by Crippen LogP contribution is -1.87. The third kappa shape index (κ3) is 3.62. The van der Waals surface area contributed by atoms with E-state index < -0.39 is 0 Å². The van der Waals surface area contributed by atoms with Crippen LogP contribution in [0.15, 0.2) is 0 Å². The van der Waals surface area contributed by atoms with Gasteiger partial charge in [0.05, 0.1) is 5.69 Å². The third-order valence-electron chi connectivity index (χ3n) is 2.06. The molecule has 0 aromatic carbocycles. The molecule has 2 nitrogen and oxygen atoms in total. The number of nitrogens with one attached hydrogen (secondary N) is 1. The quantitative estimate of drug-likeness (QED) is 0.762. The highest BCUT2D eigenvalue weighted by molar-refractivity contribution is 5.22. The molecule has 1 N–H and O–H groups in total. The second-order valence-electron chi connectivity index (χ2n) is 3.02. The monoisotopic (exact) mass is 182 g/mol. The molecular weight excluding hydrogens is 160 g/mol. The molecule has 0 atom stereocenters. The fraction of sp³-hybridized carbons (Fsp3) is 0.727. The lowest BCUT2D eigenvalue weighted by molar-refractivity contribution is 0.788. The summed E-state index contributed by atoms with van der Waals surface area (Å²) in [6.45, 7) is 10.4. The van der Waals surface area contributed by atoms with Crippen LogP contribution in [0.5, 0.6) is 0 Å². The van der Waals surface area contributed by atoms with Crippen LogP contribution in [-0.2, 0) is 6.42 Å². The summed E-state index contributed by atoms with van der Waals surface area (Å²) in [5.74, 6) is 0. The average Bonchev–Trinajstić information content (AvgIpc) is 2.47. The number of rotatable bonds is 3. The smallest absolute Gasteiger partial charge is 0.0625 e. The van der Waals surface area contributed by atoms with Crippen molar-refractivity contribution >= 4 is 0 Å². The predicted octanol–water partition coefficient (Wildman–Crippen LogP) is 3.40. The molecule has 0 saturated carbocycles. The molecule has 13 heavy (non-hydrogen) atoms. The molecule has 0 unspecified atom stereocenters. The second kappa shape index (κ2) is 6.70. The van der Waals surface area contributed by atoms with E-state index >= 15 is 0 Å². The Morgan fingerprint density at radius 3 is 2.23 bits per heavy atom. The molecule has 0 radical (unpaired) electrons. The van der Waals surface area contributed by atoms with Crippen molar-refractivity contribution in [2.75, 3.05) is 0 Å². The molecule has 0 amide bonds. The Balaban J connectivity index is 0.000000671. The SMILES string of the molecule is CC.CCCCc1c(C)n[nH]c1C. The molecule has 1 aromatic heterocycles. The van der Waals surface area contributed by atoms with Gasteiger partial charge in [0.15, 0.2) is 0 Å². The molecule has 0 aliphatic heterocycles. The third-order valence-corrected chi connectivity index (χ3v) is 2.06. The topological polar surface area (TPSA) is 28.7 Å². The van der Waals surface area contributed by atoms with E-state index in [4.69, 9.17) is 0 Å². The second-order valence-corrected chi connectivity index (χ2v) is 3.02. The number of aromatic nitrogens is 2. The van der Waals surface area contributed by atoms with Crippen LogP contribution in [0.2, 0.25) is 0 Å². The first-order valence-electron chi connectivity index (χ1n) is 5.26. The van der Waals surface area contributed by atoms with Gasteiger partial charge in [-0.05, 0) is 32.3 Å². The summed E-state index contributed by atoms with van der Waals surface area (Å²) in [6.07, 6.45) is 3.69. The van der Waals surface area contributed by atoms with Crippen LogP contribution in [0.4, 0.5) is 0 Å². The van der Waals surface area contributed by atoms with Crippen molar-refractivity contribution in [2.45, 2.75) is 53.9 Å². The Labute approximate surface area is 81.8 Å². The maximum atomic E-state index is 4.14. The van der Waals surface area contributed by atoms with E-state index in [9.17, 15) is 0 Å². The first-order chi connectivity index (χ1) is 6.25. The van der Waals surface area contributed by atoms with Crippen LogP contribution < -0.4 is 0 Å². The number of aryl methyl sites for hydroxylation is 2. The van der Waals surface area contributed by atoms with E-state index in [1.807, 2.05) is 13.8 Å². The highest BCUT2D eigenvalue weighted by Crippen LogP contribution is 2.12. The van der Waals surface area contributed by atoms with Gasteiger partial charge in [-0.3, -0.25) is 5.10 Å². The van der Waals surface area contributed by atoms with E-state index in [-0.39, 0.29) is 0 Å². The number of aromatic amines is 1. The molecule has 1 rings (SSSR count). The minimum absolute atomic E-state index is 1.16. The zero-order valence-corrected chi connectivity index (χ0v) is 9.57. The molecule has 1 aromatic rings. The van der Waals surface area contributed by atoms with E-state index in [1.165, 1.54) is 30.5 Å². The first-order valence-corrected chi connectivity index (χ1v) is 5.26. The van der Waals surface area contributed by atoms with Crippen molar-refractivity contribution in [1.82, 2.24) is 10.2 Å². The number of nitrogens with zero attached hydrogens (tertiary/aromatic N) is 1. The molecular formula is C11H22N2. The van der Waals surface area contributed by atoms with E-state index in [2.05, 4.69) is 31.0 Å². The van der Waals surface area contributed by atoms with Crippen LogP contribution in [0.25, 0.3) is 0 Å². The Bertz CT molecular complexity index is 206. The Hall–Kier alpha value is -0.790. The van der Waals surface area contributed by atoms with Gasteiger partial charge in [0.2, 0.25) is 0 Å². The average molecular weight is 182 g/mol. The van der Waals surface area contributed by atoms with Crippen LogP contribution in [-0.4, -0.2) is 10.2 Å². The molecule has 76 valence electrons. The predicted molar refractivity (Wildman–Crippen MR) is 58.0 cm³/mol. The molecule has 0 aliphatic rings. The number of unbranched alkanes of at least 4 members (excludes halogenated alkanes) is 1. The fourth-order valence-electron chi connectivity index (χ4n) is 1.30. The molecule has 0 aliphatic carbocycles. The molecule has 1 heterocycles. The molecule has 2 heteroatoms. The maximum Gasteiger partial charge on any atom is 0.0625 e. The zero-order chi connectivity index (χ0) is 10.3. The van der Waals surface area contributed by atoms with Gasteiger partial charge >= 0.3 is 0 Å². The zero-order valence-electron chi connectivity index (χ0n) is 9.57. The summed E-state index contributed by atoms with van der Waals surface area (Å²) >= 11 is 0. The van der Waals surface area contributed by atoms with Gasteiger partial charge in [-0.1, -0.05) is 27.2 Å². The highest BCUT2D eigenvalue weighted by Gasteiger charge is 2.03. The minimum Gasteiger partial charge on any atom is -0.282 e. The summed E-state index contributed by atoms with van der Waals surface area (Å²) < 4.78 is 0. The van der Waals surface area contributed by atoms with Gasteiger partial charge in [-0.15, -0.1) is 0 Å². The van der Waals surface area contributed by atoms with Crippen molar-refractivity contribution < 1.29 is 0 Å². The minimum atomic E-state index is 1.16. The molecule has 0 saturated heterocycles. The lowest BCUT2D eigenvalue weighted by atomic mass is 10.1. The van der Waals surface area contributed by atoms with Crippen molar-refractivity contribution in [2.24, 2.45) is 0 Å². The number of hydrogen-bond donors (Lipinski definition) is 1. The van der Waals surface area contributed by atoms with Gasteiger partial charge in [-0.25, -0.2) is 0 Å². The largest absolute Gasteiger partial charge is 0.282 e. The summed E-state index contributed by atoms with van der Waals surface area (Å²) in [5.41, 5.74) is 3.80. The summed E-state index contributed by atoms with van der Waals surface area (Å²) in [7, 11) is 0. The summed E-state index contributed by atoms with van der Waals surface area (Å²) in [4.78, 5) is 0. The normalized spacial score (nSPS) is 9.31. The first kappa shape index (κ1) is 12.2. The van der Waals surface area contributed by atoms with Crippen LogP contribution in [0.1, 0.15) is 50.6 Å². The van der Waals surface area contributed by atoms with Gasteiger partial charge < -0.3 is 0 Å². The van der Waals surface area contributed by atoms with Crippen molar-refractivity contribution in [3.8, 4) is 0 Å². The fourth-order valence-corrected chi connectivity index (χ4v) is 1.30. The van der Waals surface area contributed by atoms with Gasteiger partial charge in [0.25, 0.3) is 0 Å². The molecule has 0 spiro atoms. The molecule has 0 bridgehead atoms.